The fourth-order valence-corrected chi connectivity index (χ4v) is 0.817. The van der Waals surface area contributed by atoms with Gasteiger partial charge in [0.1, 0.15) is 10.7 Å². The zero-order chi connectivity index (χ0) is 6.85. The van der Waals surface area contributed by atoms with Gasteiger partial charge in [-0.15, -0.1) is 0 Å². The molecule has 0 spiro atoms. The van der Waals surface area contributed by atoms with Crippen LogP contribution in [0.25, 0.3) is 0 Å². The van der Waals surface area contributed by atoms with Gasteiger partial charge in [-0.05, 0) is 15.9 Å². The fourth-order valence-electron chi connectivity index (χ4n) is 0.387. The van der Waals surface area contributed by atoms with Crippen LogP contribution >= 0.6 is 27.5 Å². The molecule has 0 bridgehead atoms. The molecule has 0 unspecified atom stereocenters. The second-order valence-electron chi connectivity index (χ2n) is 1.38. The Labute approximate surface area is 64.7 Å². The summed E-state index contributed by atoms with van der Waals surface area (Å²) < 4.78 is 4.92. The molecule has 0 aliphatic rings. The van der Waals surface area contributed by atoms with E-state index >= 15 is 0 Å². The maximum Gasteiger partial charge on any atom is 0.220 e. The Balaban J connectivity index is 3.04. The number of rotatable bonds is 1. The molecule has 0 aliphatic heterocycles. The number of hydrogen-bond acceptors (Lipinski definition) is 3. The molecule has 1 rings (SSSR count). The summed E-state index contributed by atoms with van der Waals surface area (Å²) in [6.45, 7) is -0.200. The summed E-state index contributed by atoms with van der Waals surface area (Å²) >= 11 is 8.53. The van der Waals surface area contributed by atoms with Gasteiger partial charge in [0.25, 0.3) is 0 Å². The molecule has 0 saturated carbocycles. The average Bonchev–Trinajstić information content (AvgIpc) is 2.15. The molecular weight excluding hydrogens is 209 g/mol. The number of aromatic nitrogens is 1. The Morgan fingerprint density at radius 1 is 1.78 bits per heavy atom. The summed E-state index contributed by atoms with van der Waals surface area (Å²) in [5, 5.41) is 12.3. The van der Waals surface area contributed by atoms with E-state index in [0.717, 1.165) is 0 Å². The minimum Gasteiger partial charge on any atom is -0.390 e. The van der Waals surface area contributed by atoms with Crippen molar-refractivity contribution >= 4 is 27.5 Å². The highest BCUT2D eigenvalue weighted by Crippen LogP contribution is 2.25. The van der Waals surface area contributed by atoms with Gasteiger partial charge in [-0.3, -0.25) is 0 Å². The summed E-state index contributed by atoms with van der Waals surface area (Å²) in [6, 6.07) is 0. The van der Waals surface area contributed by atoms with Gasteiger partial charge in [-0.25, -0.2) is 0 Å². The lowest BCUT2D eigenvalue weighted by Crippen LogP contribution is -1.80. The third-order valence-corrected chi connectivity index (χ3v) is 1.97. The normalized spacial score (nSPS) is 10.1. The lowest BCUT2D eigenvalue weighted by atomic mass is 10.5. The molecule has 1 aromatic heterocycles. The third-order valence-electron chi connectivity index (χ3n) is 0.812. The van der Waals surface area contributed by atoms with Crippen LogP contribution in [-0.2, 0) is 6.61 Å². The third kappa shape index (κ3) is 1.26. The van der Waals surface area contributed by atoms with Crippen molar-refractivity contribution in [1.82, 2.24) is 5.16 Å². The van der Waals surface area contributed by atoms with Crippen LogP contribution in [0.5, 0.6) is 0 Å². The molecule has 1 N–H and O–H groups in total. The van der Waals surface area contributed by atoms with Crippen molar-refractivity contribution in [3.05, 3.63) is 15.4 Å². The largest absolute Gasteiger partial charge is 0.390 e. The van der Waals surface area contributed by atoms with E-state index in [1.807, 2.05) is 0 Å². The van der Waals surface area contributed by atoms with Crippen LogP contribution in [0.15, 0.2) is 9.19 Å². The second kappa shape index (κ2) is 2.68. The van der Waals surface area contributed by atoms with E-state index in [0.29, 0.717) is 15.4 Å². The maximum absolute atomic E-state index is 8.50. The number of nitrogens with zero attached hydrogens (tertiary/aromatic N) is 1. The van der Waals surface area contributed by atoms with E-state index < -0.39 is 0 Å². The summed E-state index contributed by atoms with van der Waals surface area (Å²) in [5.41, 5.74) is 0.351. The number of hydrogen-bond donors (Lipinski definition) is 1. The Morgan fingerprint density at radius 3 is 2.67 bits per heavy atom. The van der Waals surface area contributed by atoms with E-state index in [9.17, 15) is 0 Å². The molecule has 3 nitrogen and oxygen atoms in total. The van der Waals surface area contributed by atoms with Crippen LogP contribution in [0, 0.1) is 0 Å². The molecule has 0 amide bonds. The predicted molar refractivity (Wildman–Crippen MR) is 35.1 cm³/mol. The molecule has 1 heterocycles. The minimum atomic E-state index is -0.200. The van der Waals surface area contributed by atoms with Crippen molar-refractivity contribution in [2.45, 2.75) is 6.61 Å². The molecule has 0 aliphatic carbocycles. The highest BCUT2D eigenvalue weighted by molar-refractivity contribution is 9.10. The van der Waals surface area contributed by atoms with Gasteiger partial charge in [0, 0.05) is 0 Å². The molecule has 5 heteroatoms. The van der Waals surface area contributed by atoms with Crippen molar-refractivity contribution < 1.29 is 9.63 Å². The molecular formula is C4H3BrClNO2. The first kappa shape index (κ1) is 7.05. The molecule has 0 aromatic carbocycles. The molecule has 1 aromatic rings. The first-order valence-electron chi connectivity index (χ1n) is 2.16. The quantitative estimate of drug-likeness (QED) is 0.769. The van der Waals surface area contributed by atoms with E-state index in [2.05, 4.69) is 25.6 Å². The van der Waals surface area contributed by atoms with Gasteiger partial charge in [-0.1, -0.05) is 16.8 Å². The van der Waals surface area contributed by atoms with Gasteiger partial charge in [-0.2, -0.15) is 0 Å². The Bertz CT molecular complexity index is 212. The van der Waals surface area contributed by atoms with Crippen LogP contribution in [0.4, 0.5) is 0 Å². The first-order chi connectivity index (χ1) is 4.25. The van der Waals surface area contributed by atoms with Crippen molar-refractivity contribution in [3.63, 3.8) is 0 Å². The lowest BCUT2D eigenvalue weighted by Gasteiger charge is -1.82. The van der Waals surface area contributed by atoms with Crippen molar-refractivity contribution in [1.29, 1.82) is 0 Å². The van der Waals surface area contributed by atoms with Gasteiger partial charge in [0.15, 0.2) is 0 Å². The maximum atomic E-state index is 8.50. The standard InChI is InChI=1S/C4H3BrClNO2/c5-4-3(6)2(1-8)7-9-4/h8H,1H2. The fraction of sp³-hybridized carbons (Fsp3) is 0.250. The first-order valence-corrected chi connectivity index (χ1v) is 3.33. The zero-order valence-electron chi connectivity index (χ0n) is 4.27. The summed E-state index contributed by atoms with van der Waals surface area (Å²) in [7, 11) is 0. The smallest absolute Gasteiger partial charge is 0.220 e. The molecule has 0 atom stereocenters. The molecule has 0 saturated heterocycles. The predicted octanol–water partition coefficient (Wildman–Crippen LogP) is 1.58. The number of halogens is 2. The monoisotopic (exact) mass is 211 g/mol. The number of aliphatic hydroxyl groups is 1. The molecule has 0 fully saturated rings. The lowest BCUT2D eigenvalue weighted by molar-refractivity contribution is 0.265. The van der Waals surface area contributed by atoms with E-state index in [1.165, 1.54) is 0 Å². The van der Waals surface area contributed by atoms with E-state index in [-0.39, 0.29) is 6.61 Å². The summed E-state index contributed by atoms with van der Waals surface area (Å²) in [5.74, 6) is 0. The molecule has 0 radical (unpaired) electrons. The van der Waals surface area contributed by atoms with Crippen LogP contribution in [0.1, 0.15) is 5.69 Å². The second-order valence-corrected chi connectivity index (χ2v) is 2.47. The SMILES string of the molecule is OCc1noc(Br)c1Cl. The van der Waals surface area contributed by atoms with E-state index in [4.69, 9.17) is 16.7 Å². The summed E-state index contributed by atoms with van der Waals surface area (Å²) in [4.78, 5) is 0. The van der Waals surface area contributed by atoms with Crippen LogP contribution in [0.2, 0.25) is 5.02 Å². The Kier molecular flexibility index (Phi) is 2.10. The van der Waals surface area contributed by atoms with Crippen LogP contribution in [-0.4, -0.2) is 10.3 Å². The van der Waals surface area contributed by atoms with Gasteiger partial charge < -0.3 is 9.63 Å². The highest BCUT2D eigenvalue weighted by atomic mass is 79.9. The van der Waals surface area contributed by atoms with Gasteiger partial charge >= 0.3 is 0 Å². The summed E-state index contributed by atoms with van der Waals surface area (Å²) in [6.07, 6.45) is 0. The highest BCUT2D eigenvalue weighted by Gasteiger charge is 2.08. The number of aliphatic hydroxyl groups excluding tert-OH is 1. The van der Waals surface area contributed by atoms with Gasteiger partial charge in [0.05, 0.1) is 6.61 Å². The van der Waals surface area contributed by atoms with E-state index in [1.54, 1.807) is 0 Å². The minimum absolute atomic E-state index is 0.200. The topological polar surface area (TPSA) is 46.3 Å². The molecule has 9 heavy (non-hydrogen) atoms. The Hall–Kier alpha value is -0.0600. The van der Waals surface area contributed by atoms with Crippen molar-refractivity contribution in [2.75, 3.05) is 0 Å². The average molecular weight is 212 g/mol. The Morgan fingerprint density at radius 2 is 2.44 bits per heavy atom. The van der Waals surface area contributed by atoms with Gasteiger partial charge in [0.2, 0.25) is 4.67 Å². The molecule has 50 valence electrons. The van der Waals surface area contributed by atoms with Crippen LogP contribution < -0.4 is 0 Å². The van der Waals surface area contributed by atoms with Crippen molar-refractivity contribution in [2.24, 2.45) is 0 Å². The van der Waals surface area contributed by atoms with Crippen molar-refractivity contribution in [3.8, 4) is 0 Å². The van der Waals surface area contributed by atoms with Crippen LogP contribution in [0.3, 0.4) is 0 Å². The zero-order valence-corrected chi connectivity index (χ0v) is 6.61.